The monoisotopic (exact) mass is 445 g/mol. The molecule has 22 heavy (non-hydrogen) atoms. The van der Waals surface area contributed by atoms with E-state index in [4.69, 9.17) is 0 Å². The molecule has 0 aromatic carbocycles. The molecule has 2 aromatic rings. The van der Waals surface area contributed by atoms with E-state index in [0.717, 1.165) is 26.6 Å². The fraction of sp³-hybridized carbons (Fsp3) is 0.385. The minimum Gasteiger partial charge on any atom is -0.344 e. The summed E-state index contributed by atoms with van der Waals surface area (Å²) in [5, 5.41) is 8.01. The number of carbonyl (C=O) groups excluding carboxylic acids is 1. The van der Waals surface area contributed by atoms with E-state index in [1.54, 1.807) is 27.6 Å². The van der Waals surface area contributed by atoms with Crippen molar-refractivity contribution in [2.45, 2.75) is 6.42 Å². The summed E-state index contributed by atoms with van der Waals surface area (Å²) >= 11 is 6.67. The first-order valence-electron chi connectivity index (χ1n) is 6.17. The summed E-state index contributed by atoms with van der Waals surface area (Å²) in [4.78, 5) is 19.4. The highest BCUT2D eigenvalue weighted by Gasteiger charge is 2.13. The summed E-state index contributed by atoms with van der Waals surface area (Å²) in [5.74, 6) is 0.101. The van der Waals surface area contributed by atoms with Crippen LogP contribution in [0.1, 0.15) is 5.69 Å². The van der Waals surface area contributed by atoms with Crippen molar-refractivity contribution in [3.8, 4) is 9.88 Å². The molecule has 0 saturated carbocycles. The van der Waals surface area contributed by atoms with Crippen molar-refractivity contribution in [2.24, 2.45) is 0 Å². The highest BCUT2D eigenvalue weighted by molar-refractivity contribution is 9.10. The second kappa shape index (κ2) is 10.6. The number of nitrogens with zero attached hydrogens (tertiary/aromatic N) is 2. The van der Waals surface area contributed by atoms with Crippen LogP contribution in [-0.2, 0) is 11.2 Å². The Balaban J connectivity index is 0.00000220. The number of rotatable bonds is 6. The van der Waals surface area contributed by atoms with Crippen molar-refractivity contribution in [1.82, 2.24) is 15.2 Å². The van der Waals surface area contributed by atoms with Gasteiger partial charge < -0.3 is 10.2 Å². The Morgan fingerprint density at radius 3 is 2.68 bits per heavy atom. The van der Waals surface area contributed by atoms with Crippen LogP contribution in [0.5, 0.6) is 0 Å². The van der Waals surface area contributed by atoms with Gasteiger partial charge in [0, 0.05) is 35.4 Å². The van der Waals surface area contributed by atoms with Gasteiger partial charge >= 0.3 is 0 Å². The lowest BCUT2D eigenvalue weighted by atomic mass is 10.3. The molecule has 0 atom stereocenters. The highest BCUT2D eigenvalue weighted by Crippen LogP contribution is 2.32. The number of thiazole rings is 1. The molecule has 0 aliphatic rings. The quantitative estimate of drug-likeness (QED) is 0.735. The Labute approximate surface area is 159 Å². The van der Waals surface area contributed by atoms with Gasteiger partial charge in [-0.1, -0.05) is 0 Å². The lowest BCUT2D eigenvalue weighted by Gasteiger charge is -2.15. The van der Waals surface area contributed by atoms with Gasteiger partial charge in [-0.05, 0) is 29.0 Å². The average molecular weight is 447 g/mol. The van der Waals surface area contributed by atoms with Crippen molar-refractivity contribution in [3.05, 3.63) is 27.0 Å². The van der Waals surface area contributed by atoms with Gasteiger partial charge in [0.1, 0.15) is 5.01 Å². The van der Waals surface area contributed by atoms with Crippen molar-refractivity contribution >= 4 is 69.3 Å². The Bertz CT molecular complexity index is 591. The zero-order valence-electron chi connectivity index (χ0n) is 12.2. The van der Waals surface area contributed by atoms with E-state index < -0.39 is 0 Å². The van der Waals surface area contributed by atoms with E-state index in [1.165, 1.54) is 0 Å². The van der Waals surface area contributed by atoms with E-state index in [2.05, 4.69) is 26.2 Å². The molecule has 0 saturated heterocycles. The number of halogens is 3. The molecule has 1 amide bonds. The summed E-state index contributed by atoms with van der Waals surface area (Å²) in [5.41, 5.74) is 0.843. The van der Waals surface area contributed by atoms with Crippen LogP contribution < -0.4 is 5.32 Å². The van der Waals surface area contributed by atoms with Crippen LogP contribution in [0.4, 0.5) is 0 Å². The highest BCUT2D eigenvalue weighted by atomic mass is 79.9. The molecule has 9 heteroatoms. The number of hydrogen-bond acceptors (Lipinski definition) is 5. The lowest BCUT2D eigenvalue weighted by Crippen LogP contribution is -2.33. The first-order valence-corrected chi connectivity index (χ1v) is 8.72. The van der Waals surface area contributed by atoms with Gasteiger partial charge in [-0.15, -0.1) is 47.5 Å². The van der Waals surface area contributed by atoms with Gasteiger partial charge in [0.05, 0.1) is 17.0 Å². The van der Waals surface area contributed by atoms with E-state index in [0.29, 0.717) is 13.0 Å². The SMILES string of the molecule is CNCCN(C)C(=O)Cc1csc(-c2cc(Br)cs2)n1.Cl.Cl. The summed E-state index contributed by atoms with van der Waals surface area (Å²) in [6, 6.07) is 2.05. The van der Waals surface area contributed by atoms with Crippen LogP contribution in [0, 0.1) is 0 Å². The molecular formula is C13H18BrCl2N3OS2. The molecule has 0 radical (unpaired) electrons. The minimum atomic E-state index is 0. The lowest BCUT2D eigenvalue weighted by molar-refractivity contribution is -0.129. The molecule has 2 heterocycles. The predicted molar refractivity (Wildman–Crippen MR) is 103 cm³/mol. The number of likely N-dealkylation sites (N-methyl/N-ethyl adjacent to an activating group) is 2. The van der Waals surface area contributed by atoms with Gasteiger partial charge in [0.2, 0.25) is 5.91 Å². The third-order valence-electron chi connectivity index (χ3n) is 2.79. The first-order chi connectivity index (χ1) is 9.60. The zero-order chi connectivity index (χ0) is 14.5. The first kappa shape index (κ1) is 21.8. The Morgan fingerprint density at radius 2 is 2.09 bits per heavy atom. The van der Waals surface area contributed by atoms with Gasteiger partial charge in [0.25, 0.3) is 0 Å². The van der Waals surface area contributed by atoms with E-state index in [1.807, 2.05) is 30.9 Å². The van der Waals surface area contributed by atoms with Crippen LogP contribution in [0.25, 0.3) is 9.88 Å². The number of thiophene rings is 1. The van der Waals surface area contributed by atoms with Crippen LogP contribution in [0.15, 0.2) is 21.3 Å². The second-order valence-electron chi connectivity index (χ2n) is 4.37. The maximum absolute atomic E-state index is 12.0. The maximum Gasteiger partial charge on any atom is 0.228 e. The van der Waals surface area contributed by atoms with Crippen LogP contribution >= 0.6 is 63.4 Å². The molecule has 0 bridgehead atoms. The fourth-order valence-corrected chi connectivity index (χ4v) is 3.95. The Morgan fingerprint density at radius 1 is 1.36 bits per heavy atom. The zero-order valence-corrected chi connectivity index (χ0v) is 17.0. The summed E-state index contributed by atoms with van der Waals surface area (Å²) < 4.78 is 1.07. The largest absolute Gasteiger partial charge is 0.344 e. The molecular weight excluding hydrogens is 429 g/mol. The van der Waals surface area contributed by atoms with Crippen LogP contribution in [0.2, 0.25) is 0 Å². The van der Waals surface area contributed by atoms with Gasteiger partial charge in [-0.25, -0.2) is 4.98 Å². The predicted octanol–water partition coefficient (Wildman–Crippen LogP) is 3.70. The fourth-order valence-electron chi connectivity index (χ4n) is 1.62. The van der Waals surface area contributed by atoms with E-state index in [-0.39, 0.29) is 30.7 Å². The van der Waals surface area contributed by atoms with Gasteiger partial charge in [-0.2, -0.15) is 0 Å². The molecule has 0 unspecified atom stereocenters. The molecule has 124 valence electrons. The number of hydrogen-bond donors (Lipinski definition) is 1. The molecule has 1 N–H and O–H groups in total. The van der Waals surface area contributed by atoms with Crippen molar-refractivity contribution in [2.75, 3.05) is 27.2 Å². The van der Waals surface area contributed by atoms with E-state index >= 15 is 0 Å². The summed E-state index contributed by atoms with van der Waals surface area (Å²) in [7, 11) is 3.70. The Hall–Kier alpha value is -0.180. The third-order valence-corrected chi connectivity index (χ3v) is 5.54. The number of carbonyl (C=O) groups is 1. The third kappa shape index (κ3) is 6.14. The standard InChI is InChI=1S/C13H16BrN3OS2.2ClH/c1-15-3-4-17(2)12(18)6-10-8-20-13(16-10)11-5-9(14)7-19-11;;/h5,7-8,15H,3-4,6H2,1-2H3;2*1H. The minimum absolute atomic E-state index is 0. The molecule has 0 aliphatic heterocycles. The van der Waals surface area contributed by atoms with E-state index in [9.17, 15) is 4.79 Å². The summed E-state index contributed by atoms with van der Waals surface area (Å²) in [6.07, 6.45) is 0.364. The normalized spacial score (nSPS) is 9.77. The number of nitrogens with one attached hydrogen (secondary N) is 1. The molecule has 2 rings (SSSR count). The smallest absolute Gasteiger partial charge is 0.228 e. The molecule has 4 nitrogen and oxygen atoms in total. The van der Waals surface area contributed by atoms with Gasteiger partial charge in [-0.3, -0.25) is 4.79 Å². The average Bonchev–Trinajstić information content (AvgIpc) is 3.04. The van der Waals surface area contributed by atoms with Crippen molar-refractivity contribution in [1.29, 1.82) is 0 Å². The topological polar surface area (TPSA) is 45.2 Å². The number of amides is 1. The van der Waals surface area contributed by atoms with Crippen LogP contribution in [-0.4, -0.2) is 43.0 Å². The van der Waals surface area contributed by atoms with Crippen molar-refractivity contribution in [3.63, 3.8) is 0 Å². The number of aromatic nitrogens is 1. The van der Waals surface area contributed by atoms with Gasteiger partial charge in [0.15, 0.2) is 0 Å². The molecule has 0 spiro atoms. The maximum atomic E-state index is 12.0. The Kier molecular flexibility index (Phi) is 10.5. The molecule has 0 fully saturated rings. The summed E-state index contributed by atoms with van der Waals surface area (Å²) in [6.45, 7) is 1.51. The molecule has 2 aromatic heterocycles. The second-order valence-corrected chi connectivity index (χ2v) is 7.05. The van der Waals surface area contributed by atoms with Crippen molar-refractivity contribution < 1.29 is 4.79 Å². The molecule has 0 aliphatic carbocycles. The van der Waals surface area contributed by atoms with Crippen LogP contribution in [0.3, 0.4) is 0 Å².